The molecule has 0 spiro atoms. The molecule has 1 aromatic rings. The number of aryl methyl sites for hydroxylation is 2. The highest BCUT2D eigenvalue weighted by Crippen LogP contribution is 2.19. The zero-order chi connectivity index (χ0) is 18.6. The van der Waals surface area contributed by atoms with Gasteiger partial charge in [0.1, 0.15) is 11.6 Å². The number of alkyl carbamates (subject to hydrolysis) is 1. The summed E-state index contributed by atoms with van der Waals surface area (Å²) in [6.45, 7) is 5.19. The fraction of sp³-hybridized carbons (Fsp3) is 0.611. The van der Waals surface area contributed by atoms with Gasteiger partial charge >= 0.3 is 12.1 Å². The minimum absolute atomic E-state index is 0.0501. The van der Waals surface area contributed by atoms with Crippen LogP contribution in [0.4, 0.5) is 4.79 Å². The largest absolute Gasteiger partial charge is 0.467 e. The first kappa shape index (κ1) is 19.0. The van der Waals surface area contributed by atoms with E-state index in [2.05, 4.69) is 10.3 Å². The lowest BCUT2D eigenvalue weighted by Gasteiger charge is -2.23. The molecule has 0 bridgehead atoms. The van der Waals surface area contributed by atoms with Crippen LogP contribution in [0.5, 0.6) is 0 Å². The average Bonchev–Trinajstić information content (AvgIpc) is 2.52. The van der Waals surface area contributed by atoms with Gasteiger partial charge in [-0.15, -0.1) is 0 Å². The molecule has 1 aromatic heterocycles. The van der Waals surface area contributed by atoms with Crippen molar-refractivity contribution in [3.05, 3.63) is 33.2 Å². The SMILES string of the molecule is COC(=O)C(Cc1cc2c([nH]c1=O)CCCC2)NC(=O)OC(C)(C)C. The molecule has 1 heterocycles. The van der Waals surface area contributed by atoms with Crippen molar-refractivity contribution in [1.82, 2.24) is 10.3 Å². The molecule has 0 radical (unpaired) electrons. The van der Waals surface area contributed by atoms with E-state index in [0.29, 0.717) is 5.56 Å². The summed E-state index contributed by atoms with van der Waals surface area (Å²) in [4.78, 5) is 39.2. The third kappa shape index (κ3) is 5.34. The number of aromatic amines is 1. The number of pyridine rings is 1. The molecule has 1 atom stereocenters. The van der Waals surface area contributed by atoms with Crippen molar-refractivity contribution in [3.8, 4) is 0 Å². The van der Waals surface area contributed by atoms with Crippen molar-refractivity contribution in [3.63, 3.8) is 0 Å². The van der Waals surface area contributed by atoms with Gasteiger partial charge in [0.2, 0.25) is 0 Å². The van der Waals surface area contributed by atoms with Gasteiger partial charge in [-0.2, -0.15) is 0 Å². The van der Waals surface area contributed by atoms with Crippen LogP contribution in [0.3, 0.4) is 0 Å². The topological polar surface area (TPSA) is 97.5 Å². The van der Waals surface area contributed by atoms with Gasteiger partial charge in [0, 0.05) is 17.7 Å². The van der Waals surface area contributed by atoms with Gasteiger partial charge in [0.15, 0.2) is 0 Å². The highest BCUT2D eigenvalue weighted by atomic mass is 16.6. The molecule has 1 unspecified atom stereocenters. The maximum absolute atomic E-state index is 12.3. The number of hydrogen-bond acceptors (Lipinski definition) is 5. The van der Waals surface area contributed by atoms with Gasteiger partial charge in [-0.05, 0) is 58.1 Å². The van der Waals surface area contributed by atoms with E-state index in [1.54, 1.807) is 20.8 Å². The monoisotopic (exact) mass is 350 g/mol. The number of esters is 1. The molecule has 7 nitrogen and oxygen atoms in total. The molecule has 25 heavy (non-hydrogen) atoms. The van der Waals surface area contributed by atoms with Crippen LogP contribution in [0.25, 0.3) is 0 Å². The molecule has 1 aliphatic carbocycles. The van der Waals surface area contributed by atoms with Crippen LogP contribution in [0.15, 0.2) is 10.9 Å². The molecule has 138 valence electrons. The molecule has 0 aromatic carbocycles. The predicted molar refractivity (Wildman–Crippen MR) is 92.6 cm³/mol. The maximum Gasteiger partial charge on any atom is 0.408 e. The zero-order valence-corrected chi connectivity index (χ0v) is 15.2. The van der Waals surface area contributed by atoms with Gasteiger partial charge in [0.05, 0.1) is 7.11 Å². The van der Waals surface area contributed by atoms with Gasteiger partial charge in [-0.1, -0.05) is 0 Å². The highest BCUT2D eigenvalue weighted by Gasteiger charge is 2.26. The maximum atomic E-state index is 12.3. The number of carbonyl (C=O) groups excluding carboxylic acids is 2. The first-order valence-corrected chi connectivity index (χ1v) is 8.51. The Bertz CT molecular complexity index is 702. The van der Waals surface area contributed by atoms with Crippen LogP contribution in [0.2, 0.25) is 0 Å². The normalized spacial score (nSPS) is 15.0. The quantitative estimate of drug-likeness (QED) is 0.808. The van der Waals surface area contributed by atoms with Crippen molar-refractivity contribution < 1.29 is 19.1 Å². The van der Waals surface area contributed by atoms with Crippen LogP contribution < -0.4 is 10.9 Å². The Hall–Kier alpha value is -2.31. The van der Waals surface area contributed by atoms with E-state index in [0.717, 1.165) is 36.9 Å². The zero-order valence-electron chi connectivity index (χ0n) is 15.2. The summed E-state index contributed by atoms with van der Waals surface area (Å²) >= 11 is 0. The van der Waals surface area contributed by atoms with Crippen molar-refractivity contribution >= 4 is 12.1 Å². The third-order valence-electron chi connectivity index (χ3n) is 4.02. The molecular formula is C18H26N2O5. The van der Waals surface area contributed by atoms with Crippen molar-refractivity contribution in [2.75, 3.05) is 7.11 Å². The summed E-state index contributed by atoms with van der Waals surface area (Å²) < 4.78 is 9.92. The van der Waals surface area contributed by atoms with E-state index in [9.17, 15) is 14.4 Å². The standard InChI is InChI=1S/C18H26N2O5/c1-18(2,3)25-17(23)20-14(16(22)24-4)10-12-9-11-7-5-6-8-13(11)19-15(12)21/h9,14H,5-8,10H2,1-4H3,(H,19,21)(H,20,23). The van der Waals surface area contributed by atoms with Crippen molar-refractivity contribution in [1.29, 1.82) is 0 Å². The summed E-state index contributed by atoms with van der Waals surface area (Å²) in [7, 11) is 1.24. The van der Waals surface area contributed by atoms with Crippen LogP contribution in [-0.2, 0) is 33.5 Å². The second-order valence-electron chi connectivity index (χ2n) is 7.26. The molecule has 0 fully saturated rings. The number of fused-ring (bicyclic) bond motifs is 1. The molecule has 0 saturated carbocycles. The number of rotatable bonds is 4. The lowest BCUT2D eigenvalue weighted by Crippen LogP contribution is -2.46. The van der Waals surface area contributed by atoms with E-state index in [4.69, 9.17) is 9.47 Å². The first-order chi connectivity index (χ1) is 11.7. The Balaban J connectivity index is 2.18. The molecule has 0 saturated heterocycles. The molecule has 2 N–H and O–H groups in total. The molecule has 1 aliphatic rings. The molecular weight excluding hydrogens is 324 g/mol. The number of aromatic nitrogens is 1. The van der Waals surface area contributed by atoms with Gasteiger partial charge in [0.25, 0.3) is 5.56 Å². The predicted octanol–water partition coefficient (Wildman–Crippen LogP) is 1.86. The van der Waals surface area contributed by atoms with E-state index in [-0.39, 0.29) is 12.0 Å². The van der Waals surface area contributed by atoms with E-state index >= 15 is 0 Å². The summed E-state index contributed by atoms with van der Waals surface area (Å²) in [5, 5.41) is 2.49. The number of carbonyl (C=O) groups is 2. The van der Waals surface area contributed by atoms with Gasteiger partial charge in [-0.25, -0.2) is 9.59 Å². The summed E-state index contributed by atoms with van der Waals surface area (Å²) in [6.07, 6.45) is 3.23. The van der Waals surface area contributed by atoms with Crippen LogP contribution in [-0.4, -0.2) is 35.8 Å². The molecule has 7 heteroatoms. The minimum Gasteiger partial charge on any atom is -0.467 e. The van der Waals surface area contributed by atoms with Crippen LogP contribution in [0, 0.1) is 0 Å². The van der Waals surface area contributed by atoms with E-state index in [1.807, 2.05) is 6.07 Å². The summed E-state index contributed by atoms with van der Waals surface area (Å²) in [6, 6.07) is 0.850. The summed E-state index contributed by atoms with van der Waals surface area (Å²) in [5.41, 5.74) is 1.60. The number of H-pyrrole nitrogens is 1. The average molecular weight is 350 g/mol. The molecule has 1 amide bonds. The van der Waals surface area contributed by atoms with Gasteiger partial charge in [-0.3, -0.25) is 4.79 Å². The second-order valence-corrected chi connectivity index (χ2v) is 7.26. The second kappa shape index (κ2) is 7.72. The highest BCUT2D eigenvalue weighted by molar-refractivity contribution is 5.81. The fourth-order valence-electron chi connectivity index (χ4n) is 2.88. The summed E-state index contributed by atoms with van der Waals surface area (Å²) in [5.74, 6) is -0.622. The minimum atomic E-state index is -0.984. The molecule has 0 aliphatic heterocycles. The number of ether oxygens (including phenoxy) is 2. The van der Waals surface area contributed by atoms with Gasteiger partial charge < -0.3 is 19.8 Å². The molecule has 2 rings (SSSR count). The van der Waals surface area contributed by atoms with Crippen molar-refractivity contribution in [2.24, 2.45) is 0 Å². The Morgan fingerprint density at radius 3 is 2.60 bits per heavy atom. The number of nitrogens with one attached hydrogen (secondary N) is 2. The van der Waals surface area contributed by atoms with Crippen LogP contribution in [0.1, 0.15) is 50.4 Å². The Morgan fingerprint density at radius 2 is 1.96 bits per heavy atom. The number of methoxy groups -OCH3 is 1. The Kier molecular flexibility index (Phi) is 5.87. The number of amides is 1. The third-order valence-corrected chi connectivity index (χ3v) is 4.02. The lowest BCUT2D eigenvalue weighted by atomic mass is 9.94. The van der Waals surface area contributed by atoms with E-state index in [1.165, 1.54) is 7.11 Å². The lowest BCUT2D eigenvalue weighted by molar-refractivity contribution is -0.143. The Labute approximate surface area is 147 Å². The number of hydrogen-bond donors (Lipinski definition) is 2. The fourth-order valence-corrected chi connectivity index (χ4v) is 2.88. The smallest absolute Gasteiger partial charge is 0.408 e. The Morgan fingerprint density at radius 1 is 1.28 bits per heavy atom. The van der Waals surface area contributed by atoms with E-state index < -0.39 is 23.7 Å². The van der Waals surface area contributed by atoms with Crippen molar-refractivity contribution in [2.45, 2.75) is 64.5 Å². The van der Waals surface area contributed by atoms with Crippen LogP contribution >= 0.6 is 0 Å². The first-order valence-electron chi connectivity index (χ1n) is 8.51.